The maximum atomic E-state index is 10.9. The van der Waals surface area contributed by atoms with Gasteiger partial charge in [-0.25, -0.2) is 0 Å². The third-order valence-electron chi connectivity index (χ3n) is 3.28. The van der Waals surface area contributed by atoms with E-state index in [9.17, 15) is 15.2 Å². The van der Waals surface area contributed by atoms with Crippen molar-refractivity contribution in [1.29, 1.82) is 0 Å². The van der Waals surface area contributed by atoms with Gasteiger partial charge in [-0.1, -0.05) is 35.9 Å². The summed E-state index contributed by atoms with van der Waals surface area (Å²) in [4.78, 5) is 10.3. The van der Waals surface area contributed by atoms with Crippen LogP contribution in [0.15, 0.2) is 64.8 Å². The van der Waals surface area contributed by atoms with Crippen LogP contribution in [-0.4, -0.2) is 10.0 Å². The Bertz CT molecular complexity index is 941. The smallest absolute Gasteiger partial charge is 0.290 e. The lowest BCUT2D eigenvalue weighted by Crippen LogP contribution is -1.87. The van der Waals surface area contributed by atoms with Gasteiger partial charge in [0.25, 0.3) is 5.69 Å². The monoisotopic (exact) mass is 327 g/mol. The number of fused-ring (bicyclic) bond motifs is 1. The second-order valence-electron chi connectivity index (χ2n) is 4.74. The van der Waals surface area contributed by atoms with Crippen LogP contribution < -0.4 is 0 Å². The summed E-state index contributed by atoms with van der Waals surface area (Å²) in [5.41, 5.74) is 0.646. The normalized spacial score (nSPS) is 11.2. The molecule has 0 aliphatic carbocycles. The summed E-state index contributed by atoms with van der Waals surface area (Å²) in [6, 6.07) is 14.6. The lowest BCUT2D eigenvalue weighted by molar-refractivity contribution is -0.384. The third-order valence-corrected chi connectivity index (χ3v) is 3.60. The molecule has 0 amide bonds. The van der Waals surface area contributed by atoms with Crippen molar-refractivity contribution in [2.75, 3.05) is 0 Å². The van der Waals surface area contributed by atoms with E-state index in [1.807, 2.05) is 18.2 Å². The summed E-state index contributed by atoms with van der Waals surface area (Å²) in [6.07, 6.45) is 0. The van der Waals surface area contributed by atoms with E-state index < -0.39 is 4.92 Å². The van der Waals surface area contributed by atoms with Crippen LogP contribution in [0.25, 0.3) is 10.8 Å². The second kappa shape index (κ2) is 6.02. The molecule has 0 aliphatic rings. The first kappa shape index (κ1) is 14.9. The SMILES string of the molecule is O=[N+]([O-])c1cc(N=Nc2ccc(O)c3ccccc23)ccc1Cl. The van der Waals surface area contributed by atoms with Crippen LogP contribution in [0.1, 0.15) is 0 Å². The molecule has 3 aromatic carbocycles. The van der Waals surface area contributed by atoms with Crippen molar-refractivity contribution in [3.63, 3.8) is 0 Å². The minimum Gasteiger partial charge on any atom is -0.507 e. The molecule has 7 heteroatoms. The number of halogens is 1. The molecule has 0 aromatic heterocycles. The zero-order chi connectivity index (χ0) is 16.4. The van der Waals surface area contributed by atoms with Crippen LogP contribution in [-0.2, 0) is 0 Å². The van der Waals surface area contributed by atoms with Gasteiger partial charge in [0.1, 0.15) is 10.8 Å². The van der Waals surface area contributed by atoms with Gasteiger partial charge in [0.2, 0.25) is 0 Å². The summed E-state index contributed by atoms with van der Waals surface area (Å²) >= 11 is 5.76. The van der Waals surface area contributed by atoms with E-state index in [1.54, 1.807) is 18.2 Å². The number of hydrogen-bond acceptors (Lipinski definition) is 5. The molecule has 0 radical (unpaired) electrons. The van der Waals surface area contributed by atoms with Crippen LogP contribution in [0.2, 0.25) is 5.02 Å². The topological polar surface area (TPSA) is 88.1 Å². The van der Waals surface area contributed by atoms with Crippen molar-refractivity contribution in [2.24, 2.45) is 10.2 Å². The van der Waals surface area contributed by atoms with Crippen molar-refractivity contribution < 1.29 is 10.0 Å². The van der Waals surface area contributed by atoms with Crippen molar-refractivity contribution in [1.82, 2.24) is 0 Å². The standard InChI is InChI=1S/C16H10ClN3O3/c17-13-6-5-10(9-15(13)20(22)23)18-19-14-7-8-16(21)12-4-2-1-3-11(12)14/h1-9,21H. The highest BCUT2D eigenvalue weighted by Crippen LogP contribution is 2.34. The van der Waals surface area contributed by atoms with E-state index in [0.717, 1.165) is 5.39 Å². The Morgan fingerprint density at radius 3 is 2.48 bits per heavy atom. The number of azo groups is 1. The summed E-state index contributed by atoms with van der Waals surface area (Å²) < 4.78 is 0. The number of phenolic OH excluding ortho intramolecular Hbond substituents is 1. The number of nitro groups is 1. The molecule has 6 nitrogen and oxygen atoms in total. The van der Waals surface area contributed by atoms with E-state index in [1.165, 1.54) is 18.2 Å². The van der Waals surface area contributed by atoms with Crippen LogP contribution in [0.5, 0.6) is 5.75 Å². The van der Waals surface area contributed by atoms with Gasteiger partial charge >= 0.3 is 0 Å². The number of aromatic hydroxyl groups is 1. The van der Waals surface area contributed by atoms with Gasteiger partial charge < -0.3 is 5.11 Å². The fraction of sp³-hybridized carbons (Fsp3) is 0. The molecular formula is C16H10ClN3O3. The lowest BCUT2D eigenvalue weighted by atomic mass is 10.1. The highest BCUT2D eigenvalue weighted by atomic mass is 35.5. The van der Waals surface area contributed by atoms with Gasteiger partial charge in [-0.05, 0) is 24.3 Å². The van der Waals surface area contributed by atoms with Gasteiger partial charge in [-0.3, -0.25) is 10.1 Å². The molecule has 0 aliphatic heterocycles. The minimum atomic E-state index is -0.572. The molecular weight excluding hydrogens is 318 g/mol. The Morgan fingerprint density at radius 1 is 1.00 bits per heavy atom. The summed E-state index contributed by atoms with van der Waals surface area (Å²) in [5.74, 6) is 0.154. The molecule has 1 N–H and O–H groups in total. The quantitative estimate of drug-likeness (QED) is 0.390. The van der Waals surface area contributed by atoms with Gasteiger partial charge in [0, 0.05) is 16.8 Å². The first-order valence-corrected chi connectivity index (χ1v) is 7.00. The van der Waals surface area contributed by atoms with Crippen molar-refractivity contribution in [2.45, 2.75) is 0 Å². The van der Waals surface area contributed by atoms with E-state index in [4.69, 9.17) is 11.6 Å². The van der Waals surface area contributed by atoms with Crippen molar-refractivity contribution in [3.05, 3.63) is 69.7 Å². The third kappa shape index (κ3) is 2.97. The maximum absolute atomic E-state index is 10.9. The number of hydrogen-bond donors (Lipinski definition) is 1. The van der Waals surface area contributed by atoms with E-state index in [0.29, 0.717) is 16.8 Å². The average molecular weight is 328 g/mol. The lowest BCUT2D eigenvalue weighted by Gasteiger charge is -2.03. The van der Waals surface area contributed by atoms with Crippen LogP contribution in [0.4, 0.5) is 17.1 Å². The van der Waals surface area contributed by atoms with E-state index in [2.05, 4.69) is 10.2 Å². The molecule has 114 valence electrons. The molecule has 0 bridgehead atoms. The van der Waals surface area contributed by atoms with Gasteiger partial charge in [-0.15, -0.1) is 5.11 Å². The fourth-order valence-electron chi connectivity index (χ4n) is 2.17. The number of nitro benzene ring substituents is 1. The fourth-order valence-corrected chi connectivity index (χ4v) is 2.36. The van der Waals surface area contributed by atoms with Crippen molar-refractivity contribution >= 4 is 39.4 Å². The molecule has 0 spiro atoms. The Labute approximate surface area is 135 Å². The Hall–Kier alpha value is -2.99. The van der Waals surface area contributed by atoms with Crippen molar-refractivity contribution in [3.8, 4) is 5.75 Å². The zero-order valence-electron chi connectivity index (χ0n) is 11.7. The van der Waals surface area contributed by atoms with E-state index >= 15 is 0 Å². The second-order valence-corrected chi connectivity index (χ2v) is 5.15. The maximum Gasteiger partial charge on any atom is 0.290 e. The highest BCUT2D eigenvalue weighted by molar-refractivity contribution is 6.32. The molecule has 0 atom stereocenters. The Kier molecular flexibility index (Phi) is 3.91. The molecule has 23 heavy (non-hydrogen) atoms. The van der Waals surface area contributed by atoms with Crippen LogP contribution in [0.3, 0.4) is 0 Å². The first-order chi connectivity index (χ1) is 11.1. The predicted octanol–water partition coefficient (Wildman–Crippen LogP) is 5.52. The Balaban J connectivity index is 2.03. The average Bonchev–Trinajstić information content (AvgIpc) is 2.55. The number of phenols is 1. The molecule has 3 aromatic rings. The summed E-state index contributed by atoms with van der Waals surface area (Å²) in [7, 11) is 0. The molecule has 0 saturated heterocycles. The predicted molar refractivity (Wildman–Crippen MR) is 87.9 cm³/mol. The molecule has 0 fully saturated rings. The molecule has 0 saturated carbocycles. The summed E-state index contributed by atoms with van der Waals surface area (Å²) in [6.45, 7) is 0. The number of benzene rings is 3. The zero-order valence-corrected chi connectivity index (χ0v) is 12.4. The summed E-state index contributed by atoms with van der Waals surface area (Å²) in [5, 5.41) is 30.3. The Morgan fingerprint density at radius 2 is 1.74 bits per heavy atom. The van der Waals surface area contributed by atoms with Crippen LogP contribution >= 0.6 is 11.6 Å². The van der Waals surface area contributed by atoms with E-state index in [-0.39, 0.29) is 16.5 Å². The van der Waals surface area contributed by atoms with Gasteiger partial charge in [-0.2, -0.15) is 5.11 Å². The molecule has 3 rings (SSSR count). The molecule has 0 heterocycles. The van der Waals surface area contributed by atoms with Gasteiger partial charge in [0.05, 0.1) is 16.3 Å². The number of rotatable bonds is 3. The first-order valence-electron chi connectivity index (χ1n) is 6.62. The molecule has 0 unspecified atom stereocenters. The largest absolute Gasteiger partial charge is 0.507 e. The number of nitrogens with zero attached hydrogens (tertiary/aromatic N) is 3. The highest BCUT2D eigenvalue weighted by Gasteiger charge is 2.12. The minimum absolute atomic E-state index is 0.0454. The van der Waals surface area contributed by atoms with Gasteiger partial charge in [0.15, 0.2) is 0 Å². The van der Waals surface area contributed by atoms with Crippen LogP contribution in [0, 0.1) is 10.1 Å².